The summed E-state index contributed by atoms with van der Waals surface area (Å²) in [4.78, 5) is 13.8. The van der Waals surface area contributed by atoms with Crippen LogP contribution in [0.5, 0.6) is 0 Å². The summed E-state index contributed by atoms with van der Waals surface area (Å²) in [5.74, 6) is 1.13. The molecule has 0 heterocycles. The lowest BCUT2D eigenvalue weighted by molar-refractivity contribution is -0.139. The second-order valence-electron chi connectivity index (χ2n) is 6.77. The highest BCUT2D eigenvalue weighted by Crippen LogP contribution is 2.33. The minimum atomic E-state index is -0.676. The van der Waals surface area contributed by atoms with E-state index < -0.39 is 5.97 Å². The highest BCUT2D eigenvalue weighted by atomic mass is 16.4. The molecule has 3 fully saturated rings. The van der Waals surface area contributed by atoms with E-state index in [9.17, 15) is 9.90 Å². The topological polar surface area (TPSA) is 52.6 Å². The van der Waals surface area contributed by atoms with Crippen LogP contribution in [0.1, 0.15) is 44.9 Å². The maximum Gasteiger partial charge on any atom is 0.320 e. The summed E-state index contributed by atoms with van der Waals surface area (Å²) in [6.07, 6.45) is 8.57. The molecule has 1 unspecified atom stereocenters. The van der Waals surface area contributed by atoms with E-state index in [-0.39, 0.29) is 6.04 Å². The summed E-state index contributed by atoms with van der Waals surface area (Å²) in [5.41, 5.74) is 0. The SMILES string of the molecule is O=C(O)C(CCN(CC1CC1)CC1CC1)NC1CC1. The molecule has 0 spiro atoms. The van der Waals surface area contributed by atoms with Crippen LogP contribution in [-0.4, -0.2) is 47.7 Å². The Bertz CT molecular complexity index is 308. The number of nitrogens with one attached hydrogen (secondary N) is 1. The first-order valence-electron chi connectivity index (χ1n) is 7.92. The second kappa shape index (κ2) is 5.80. The summed E-state index contributed by atoms with van der Waals surface area (Å²) in [6.45, 7) is 3.35. The predicted molar refractivity (Wildman–Crippen MR) is 74.1 cm³/mol. The smallest absolute Gasteiger partial charge is 0.320 e. The van der Waals surface area contributed by atoms with Crippen LogP contribution in [0, 0.1) is 11.8 Å². The molecule has 0 aromatic carbocycles. The van der Waals surface area contributed by atoms with Crippen LogP contribution >= 0.6 is 0 Å². The number of nitrogens with zero attached hydrogens (tertiary/aromatic N) is 1. The van der Waals surface area contributed by atoms with E-state index in [0.29, 0.717) is 6.04 Å². The zero-order chi connectivity index (χ0) is 13.2. The van der Waals surface area contributed by atoms with Crippen molar-refractivity contribution in [2.45, 2.75) is 57.0 Å². The minimum Gasteiger partial charge on any atom is -0.480 e. The van der Waals surface area contributed by atoms with Gasteiger partial charge in [0, 0.05) is 25.7 Å². The molecular weight excluding hydrogens is 240 g/mol. The van der Waals surface area contributed by atoms with E-state index in [2.05, 4.69) is 10.2 Å². The Kier molecular flexibility index (Phi) is 4.08. The Hall–Kier alpha value is -0.610. The molecule has 0 amide bonds. The van der Waals surface area contributed by atoms with Gasteiger partial charge >= 0.3 is 5.97 Å². The zero-order valence-electron chi connectivity index (χ0n) is 11.7. The predicted octanol–water partition coefficient (Wildman–Crippen LogP) is 1.70. The van der Waals surface area contributed by atoms with Crippen molar-refractivity contribution >= 4 is 5.97 Å². The molecule has 3 aliphatic rings. The van der Waals surface area contributed by atoms with Crippen molar-refractivity contribution in [3.05, 3.63) is 0 Å². The molecule has 0 radical (unpaired) electrons. The van der Waals surface area contributed by atoms with Crippen molar-refractivity contribution in [1.29, 1.82) is 0 Å². The van der Waals surface area contributed by atoms with Gasteiger partial charge in [-0.1, -0.05) is 0 Å². The van der Waals surface area contributed by atoms with Crippen molar-refractivity contribution in [1.82, 2.24) is 10.2 Å². The molecule has 4 heteroatoms. The molecule has 4 nitrogen and oxygen atoms in total. The Morgan fingerprint density at radius 3 is 2.11 bits per heavy atom. The standard InChI is InChI=1S/C15H26N2O2/c18-15(19)14(16-13-5-6-13)7-8-17(9-11-1-2-11)10-12-3-4-12/h11-14,16H,1-10H2,(H,18,19). The molecule has 2 N–H and O–H groups in total. The van der Waals surface area contributed by atoms with Crippen LogP contribution in [0.4, 0.5) is 0 Å². The van der Waals surface area contributed by atoms with Crippen molar-refractivity contribution in [3.8, 4) is 0 Å². The number of carbonyl (C=O) groups is 1. The molecule has 19 heavy (non-hydrogen) atoms. The van der Waals surface area contributed by atoms with Crippen LogP contribution in [0.3, 0.4) is 0 Å². The summed E-state index contributed by atoms with van der Waals surface area (Å²) < 4.78 is 0. The van der Waals surface area contributed by atoms with Gasteiger partial charge < -0.3 is 15.3 Å². The molecule has 0 aromatic rings. The Labute approximate surface area is 115 Å². The normalized spacial score (nSPS) is 24.7. The van der Waals surface area contributed by atoms with Gasteiger partial charge in [-0.25, -0.2) is 0 Å². The van der Waals surface area contributed by atoms with Gasteiger partial charge in [0.1, 0.15) is 6.04 Å². The largest absolute Gasteiger partial charge is 0.480 e. The maximum absolute atomic E-state index is 11.3. The average Bonchev–Trinajstić information content (AvgIpc) is 3.22. The van der Waals surface area contributed by atoms with E-state index in [1.54, 1.807) is 0 Å². The van der Waals surface area contributed by atoms with Crippen molar-refractivity contribution in [2.24, 2.45) is 11.8 Å². The summed E-state index contributed by atoms with van der Waals surface area (Å²) >= 11 is 0. The van der Waals surface area contributed by atoms with Crippen molar-refractivity contribution in [3.63, 3.8) is 0 Å². The molecule has 3 aliphatic carbocycles. The van der Waals surface area contributed by atoms with Gasteiger partial charge in [0.05, 0.1) is 0 Å². The number of aliphatic carboxylic acids is 1. The summed E-state index contributed by atoms with van der Waals surface area (Å²) in [6, 6.07) is 0.134. The molecule has 0 bridgehead atoms. The molecular formula is C15H26N2O2. The third-order valence-electron chi connectivity index (χ3n) is 4.47. The number of hydrogen-bond donors (Lipinski definition) is 2. The molecule has 3 saturated carbocycles. The van der Waals surface area contributed by atoms with Gasteiger partial charge in [0.25, 0.3) is 0 Å². The lowest BCUT2D eigenvalue weighted by Gasteiger charge is -2.24. The zero-order valence-corrected chi connectivity index (χ0v) is 11.7. The Balaban J connectivity index is 1.43. The fourth-order valence-electron chi connectivity index (χ4n) is 2.71. The summed E-state index contributed by atoms with van der Waals surface area (Å²) in [7, 11) is 0. The number of carboxylic acid groups (broad SMARTS) is 1. The first kappa shape index (κ1) is 13.4. The van der Waals surface area contributed by atoms with Crippen LogP contribution in [0.2, 0.25) is 0 Å². The molecule has 1 atom stereocenters. The van der Waals surface area contributed by atoms with Crippen molar-refractivity contribution < 1.29 is 9.90 Å². The van der Waals surface area contributed by atoms with E-state index in [4.69, 9.17) is 0 Å². The van der Waals surface area contributed by atoms with Gasteiger partial charge in [0.15, 0.2) is 0 Å². The molecule has 3 rings (SSSR count). The van der Waals surface area contributed by atoms with E-state index >= 15 is 0 Å². The number of rotatable bonds is 10. The van der Waals surface area contributed by atoms with Crippen molar-refractivity contribution in [2.75, 3.05) is 19.6 Å². The van der Waals surface area contributed by atoms with Gasteiger partial charge in [0.2, 0.25) is 0 Å². The summed E-state index contributed by atoms with van der Waals surface area (Å²) in [5, 5.41) is 12.5. The molecule has 108 valence electrons. The first-order valence-corrected chi connectivity index (χ1v) is 7.92. The third kappa shape index (κ3) is 4.77. The first-order chi connectivity index (χ1) is 9.20. The molecule has 0 saturated heterocycles. The number of hydrogen-bond acceptors (Lipinski definition) is 3. The van der Waals surface area contributed by atoms with E-state index in [1.807, 2.05) is 0 Å². The molecule has 0 aliphatic heterocycles. The third-order valence-corrected chi connectivity index (χ3v) is 4.47. The van der Waals surface area contributed by atoms with Gasteiger partial charge in [-0.3, -0.25) is 4.79 Å². The highest BCUT2D eigenvalue weighted by Gasteiger charge is 2.31. The Morgan fingerprint density at radius 1 is 1.11 bits per heavy atom. The van der Waals surface area contributed by atoms with Crippen LogP contribution in [-0.2, 0) is 4.79 Å². The van der Waals surface area contributed by atoms with Crippen LogP contribution < -0.4 is 5.32 Å². The quantitative estimate of drug-likeness (QED) is 0.632. The average molecular weight is 266 g/mol. The second-order valence-corrected chi connectivity index (χ2v) is 6.77. The van der Waals surface area contributed by atoms with E-state index in [1.165, 1.54) is 38.8 Å². The lowest BCUT2D eigenvalue weighted by atomic mass is 10.2. The van der Waals surface area contributed by atoms with Gasteiger partial charge in [-0.15, -0.1) is 0 Å². The van der Waals surface area contributed by atoms with Crippen LogP contribution in [0.15, 0.2) is 0 Å². The monoisotopic (exact) mass is 266 g/mol. The molecule has 0 aromatic heterocycles. The fourth-order valence-corrected chi connectivity index (χ4v) is 2.71. The maximum atomic E-state index is 11.3. The van der Waals surface area contributed by atoms with Gasteiger partial charge in [-0.05, 0) is 56.8 Å². The fraction of sp³-hybridized carbons (Fsp3) is 0.933. The van der Waals surface area contributed by atoms with E-state index in [0.717, 1.165) is 37.6 Å². The highest BCUT2D eigenvalue weighted by molar-refractivity contribution is 5.73. The lowest BCUT2D eigenvalue weighted by Crippen LogP contribution is -2.41. The van der Waals surface area contributed by atoms with Gasteiger partial charge in [-0.2, -0.15) is 0 Å². The minimum absolute atomic E-state index is 0.339. The Morgan fingerprint density at radius 2 is 1.68 bits per heavy atom. The number of carboxylic acids is 1. The van der Waals surface area contributed by atoms with Crippen LogP contribution in [0.25, 0.3) is 0 Å².